The highest BCUT2D eigenvalue weighted by atomic mass is 19.4. The number of ether oxygens (including phenoxy) is 2. The average Bonchev–Trinajstić information content (AvgIpc) is 2.92. The monoisotopic (exact) mass is 252 g/mol. The zero-order chi connectivity index (χ0) is 12.7. The molecule has 1 aliphatic carbocycles. The summed E-state index contributed by atoms with van der Waals surface area (Å²) >= 11 is 0. The molecule has 1 atom stereocenters. The number of hydrogen-bond acceptors (Lipinski definition) is 3. The van der Waals surface area contributed by atoms with Gasteiger partial charge in [0.1, 0.15) is 5.60 Å². The molecule has 1 aliphatic heterocycles. The van der Waals surface area contributed by atoms with E-state index < -0.39 is 29.8 Å². The minimum atomic E-state index is -4.13. The van der Waals surface area contributed by atoms with Gasteiger partial charge in [-0.1, -0.05) is 0 Å². The summed E-state index contributed by atoms with van der Waals surface area (Å²) in [7, 11) is 0. The molecule has 6 heteroatoms. The van der Waals surface area contributed by atoms with E-state index in [2.05, 4.69) is 0 Å². The molecule has 0 aromatic rings. The fourth-order valence-corrected chi connectivity index (χ4v) is 2.50. The maximum atomic E-state index is 12.5. The molecule has 1 saturated carbocycles. The second-order valence-corrected chi connectivity index (χ2v) is 4.63. The second kappa shape index (κ2) is 4.15. The van der Waals surface area contributed by atoms with Crippen LogP contribution in [0.3, 0.4) is 0 Å². The van der Waals surface area contributed by atoms with Crippen LogP contribution in [0.2, 0.25) is 0 Å². The highest BCUT2D eigenvalue weighted by molar-refractivity contribution is 5.79. The fourth-order valence-electron chi connectivity index (χ4n) is 2.50. The summed E-state index contributed by atoms with van der Waals surface area (Å²) in [5.74, 6) is -1.70. The second-order valence-electron chi connectivity index (χ2n) is 4.63. The first-order valence-electron chi connectivity index (χ1n) is 5.80. The Labute approximate surface area is 97.3 Å². The average molecular weight is 252 g/mol. The summed E-state index contributed by atoms with van der Waals surface area (Å²) in [5, 5.41) is 0. The van der Waals surface area contributed by atoms with Crippen molar-refractivity contribution in [3.05, 3.63) is 0 Å². The summed E-state index contributed by atoms with van der Waals surface area (Å²) in [6.45, 7) is 1.95. The molecule has 0 bridgehead atoms. The highest BCUT2D eigenvalue weighted by Gasteiger charge is 2.63. The zero-order valence-corrected chi connectivity index (χ0v) is 9.55. The van der Waals surface area contributed by atoms with Crippen molar-refractivity contribution in [1.29, 1.82) is 0 Å². The van der Waals surface area contributed by atoms with E-state index in [4.69, 9.17) is 9.47 Å². The molecule has 17 heavy (non-hydrogen) atoms. The van der Waals surface area contributed by atoms with Crippen LogP contribution in [0.25, 0.3) is 0 Å². The highest BCUT2D eigenvalue weighted by Crippen LogP contribution is 2.52. The van der Waals surface area contributed by atoms with Crippen LogP contribution in [0, 0.1) is 5.92 Å². The van der Waals surface area contributed by atoms with Gasteiger partial charge in [-0.3, -0.25) is 0 Å². The molecule has 0 aromatic heterocycles. The van der Waals surface area contributed by atoms with E-state index in [9.17, 15) is 18.0 Å². The van der Waals surface area contributed by atoms with E-state index in [-0.39, 0.29) is 19.4 Å². The van der Waals surface area contributed by atoms with Crippen LogP contribution in [0.4, 0.5) is 13.2 Å². The lowest BCUT2D eigenvalue weighted by Gasteiger charge is -2.28. The molecule has 1 saturated heterocycles. The van der Waals surface area contributed by atoms with Crippen LogP contribution in [0.5, 0.6) is 0 Å². The summed E-state index contributed by atoms with van der Waals surface area (Å²) in [6.07, 6.45) is -4.10. The Kier molecular flexibility index (Phi) is 3.10. The number of halogens is 3. The van der Waals surface area contributed by atoms with Gasteiger partial charge in [0, 0.05) is 0 Å². The molecule has 3 nitrogen and oxygen atoms in total. The van der Waals surface area contributed by atoms with Gasteiger partial charge in [0.05, 0.1) is 12.5 Å². The SMILES string of the molecule is CCOC(=O)C1OC12CCC(C(F)(F)F)CC2. The van der Waals surface area contributed by atoms with Crippen molar-refractivity contribution < 1.29 is 27.4 Å². The van der Waals surface area contributed by atoms with Gasteiger partial charge in [-0.15, -0.1) is 0 Å². The quantitative estimate of drug-likeness (QED) is 0.559. The molecule has 98 valence electrons. The number of carbonyl (C=O) groups excluding carboxylic acids is 1. The van der Waals surface area contributed by atoms with Crippen LogP contribution in [0.1, 0.15) is 32.6 Å². The summed E-state index contributed by atoms with van der Waals surface area (Å²) in [6, 6.07) is 0. The number of esters is 1. The normalized spacial score (nSPS) is 36.9. The third-order valence-electron chi connectivity index (χ3n) is 3.57. The van der Waals surface area contributed by atoms with E-state index in [1.165, 1.54) is 0 Å². The first-order chi connectivity index (χ1) is 7.89. The smallest absolute Gasteiger partial charge is 0.391 e. The molecule has 2 fully saturated rings. The van der Waals surface area contributed by atoms with Gasteiger partial charge in [0.15, 0.2) is 6.10 Å². The van der Waals surface area contributed by atoms with Crippen LogP contribution in [-0.2, 0) is 14.3 Å². The molecule has 0 aromatic carbocycles. The van der Waals surface area contributed by atoms with E-state index in [0.717, 1.165) is 0 Å². The van der Waals surface area contributed by atoms with Gasteiger partial charge in [0.25, 0.3) is 0 Å². The van der Waals surface area contributed by atoms with Crippen molar-refractivity contribution in [3.8, 4) is 0 Å². The molecule has 1 unspecified atom stereocenters. The lowest BCUT2D eigenvalue weighted by atomic mass is 9.79. The van der Waals surface area contributed by atoms with Crippen LogP contribution in [0.15, 0.2) is 0 Å². The van der Waals surface area contributed by atoms with Gasteiger partial charge in [-0.05, 0) is 32.6 Å². The van der Waals surface area contributed by atoms with Crippen LogP contribution in [-0.4, -0.2) is 30.5 Å². The number of alkyl halides is 3. The lowest BCUT2D eigenvalue weighted by Crippen LogP contribution is -2.33. The third-order valence-corrected chi connectivity index (χ3v) is 3.57. The molecule has 0 N–H and O–H groups in total. The van der Waals surface area contributed by atoms with Crippen LogP contribution >= 0.6 is 0 Å². The van der Waals surface area contributed by atoms with Gasteiger partial charge in [-0.2, -0.15) is 13.2 Å². The van der Waals surface area contributed by atoms with Gasteiger partial charge in [-0.25, -0.2) is 4.79 Å². The Hall–Kier alpha value is -0.780. The first kappa shape index (κ1) is 12.7. The van der Waals surface area contributed by atoms with Gasteiger partial charge >= 0.3 is 12.1 Å². The molecule has 1 heterocycles. The van der Waals surface area contributed by atoms with Crippen molar-refractivity contribution in [2.24, 2.45) is 5.92 Å². The molecular formula is C11H15F3O3. The Morgan fingerprint density at radius 3 is 2.47 bits per heavy atom. The van der Waals surface area contributed by atoms with E-state index in [1.807, 2.05) is 0 Å². The number of carbonyl (C=O) groups is 1. The molecule has 0 amide bonds. The van der Waals surface area contributed by atoms with Crippen LogP contribution < -0.4 is 0 Å². The minimum Gasteiger partial charge on any atom is -0.464 e. The maximum absolute atomic E-state index is 12.5. The number of rotatable bonds is 2. The maximum Gasteiger partial charge on any atom is 0.391 e. The van der Waals surface area contributed by atoms with Crippen molar-refractivity contribution in [1.82, 2.24) is 0 Å². The van der Waals surface area contributed by atoms with Crippen molar-refractivity contribution in [2.45, 2.75) is 50.5 Å². The van der Waals surface area contributed by atoms with Gasteiger partial charge < -0.3 is 9.47 Å². The Balaban J connectivity index is 1.87. The summed E-state index contributed by atoms with van der Waals surface area (Å²) in [4.78, 5) is 11.4. The predicted octanol–water partition coefficient (Wildman–Crippen LogP) is 2.44. The third kappa shape index (κ3) is 2.41. The van der Waals surface area contributed by atoms with E-state index in [1.54, 1.807) is 6.92 Å². The first-order valence-corrected chi connectivity index (χ1v) is 5.80. The summed E-state index contributed by atoms with van der Waals surface area (Å²) in [5.41, 5.74) is -0.659. The standard InChI is InChI=1S/C11H15F3O3/c1-2-16-9(15)8-10(17-8)5-3-7(4-6-10)11(12,13)14/h7-8H,2-6H2,1H3. The number of epoxide rings is 1. The molecule has 2 rings (SSSR count). The predicted molar refractivity (Wildman–Crippen MR) is 52.3 cm³/mol. The lowest BCUT2D eigenvalue weighted by molar-refractivity contribution is -0.184. The van der Waals surface area contributed by atoms with E-state index in [0.29, 0.717) is 12.8 Å². The minimum absolute atomic E-state index is 0.0411. The van der Waals surface area contributed by atoms with Crippen molar-refractivity contribution in [2.75, 3.05) is 6.61 Å². The van der Waals surface area contributed by atoms with Gasteiger partial charge in [0.2, 0.25) is 0 Å². The summed E-state index contributed by atoms with van der Waals surface area (Å²) < 4.78 is 47.5. The Morgan fingerprint density at radius 1 is 1.41 bits per heavy atom. The fraction of sp³-hybridized carbons (Fsp3) is 0.909. The molecule has 2 aliphatic rings. The topological polar surface area (TPSA) is 38.8 Å². The molecule has 0 radical (unpaired) electrons. The Bertz CT molecular complexity index is 306. The van der Waals surface area contributed by atoms with Crippen molar-refractivity contribution in [3.63, 3.8) is 0 Å². The molecular weight excluding hydrogens is 237 g/mol. The zero-order valence-electron chi connectivity index (χ0n) is 9.55. The Morgan fingerprint density at radius 2 is 2.00 bits per heavy atom. The van der Waals surface area contributed by atoms with E-state index >= 15 is 0 Å². The largest absolute Gasteiger partial charge is 0.464 e. The number of hydrogen-bond donors (Lipinski definition) is 0. The van der Waals surface area contributed by atoms with Crippen molar-refractivity contribution >= 4 is 5.97 Å². The molecule has 1 spiro atoms.